The molecule has 35 heavy (non-hydrogen) atoms. The molecule has 4 heteroatoms. The molecule has 0 fully saturated rings. The van der Waals surface area contributed by atoms with Gasteiger partial charge >= 0.3 is 11.9 Å². The van der Waals surface area contributed by atoms with E-state index in [-0.39, 0.29) is 11.1 Å². The van der Waals surface area contributed by atoms with Gasteiger partial charge in [0.05, 0.1) is 17.7 Å². The van der Waals surface area contributed by atoms with Gasteiger partial charge in [0.15, 0.2) is 0 Å². The maximum Gasteiger partial charge on any atom is 0.339 e. The average Bonchev–Trinajstić information content (AvgIpc) is 2.85. The zero-order valence-electron chi connectivity index (χ0n) is 23.0. The summed E-state index contributed by atoms with van der Waals surface area (Å²) in [4.78, 5) is 25.2. The van der Waals surface area contributed by atoms with Crippen molar-refractivity contribution in [1.29, 1.82) is 0 Å². The number of carboxylic acids is 1. The highest BCUT2D eigenvalue weighted by atomic mass is 16.5. The van der Waals surface area contributed by atoms with Crippen molar-refractivity contribution in [3.05, 3.63) is 34.4 Å². The minimum Gasteiger partial charge on any atom is -0.478 e. The predicted octanol–water partition coefficient (Wildman–Crippen LogP) is 9.32. The average molecular weight is 489 g/mol. The molecular formula is C31H52O4. The molecule has 0 aliphatic carbocycles. The molecule has 1 aromatic carbocycles. The van der Waals surface area contributed by atoms with Gasteiger partial charge in [0.2, 0.25) is 0 Å². The van der Waals surface area contributed by atoms with Crippen molar-refractivity contribution in [3.8, 4) is 0 Å². The third-order valence-corrected chi connectivity index (χ3v) is 6.90. The first kappa shape index (κ1) is 31.2. The molecule has 200 valence electrons. The fraction of sp³-hybridized carbons (Fsp3) is 0.742. The summed E-state index contributed by atoms with van der Waals surface area (Å²) in [5, 5.41) is 10.1. The summed E-state index contributed by atoms with van der Waals surface area (Å²) in [5.74, 6) is -1.50. The van der Waals surface area contributed by atoms with Crippen LogP contribution in [0.1, 0.15) is 162 Å². The van der Waals surface area contributed by atoms with Crippen molar-refractivity contribution in [1.82, 2.24) is 0 Å². The first-order valence-electron chi connectivity index (χ1n) is 14.6. The highest BCUT2D eigenvalue weighted by molar-refractivity contribution is 6.03. The summed E-state index contributed by atoms with van der Waals surface area (Å²) in [6.07, 6.45) is 21.2. The quantitative estimate of drug-likeness (QED) is 0.130. The summed E-state index contributed by atoms with van der Waals surface area (Å²) in [5.41, 5.74) is 2.35. The smallest absolute Gasteiger partial charge is 0.339 e. The van der Waals surface area contributed by atoms with Crippen LogP contribution in [0.5, 0.6) is 0 Å². The molecule has 0 atom stereocenters. The molecule has 0 unspecified atom stereocenters. The lowest BCUT2D eigenvalue weighted by Gasteiger charge is -2.16. The number of rotatable bonds is 22. The minimum atomic E-state index is -1.01. The second-order valence-corrected chi connectivity index (χ2v) is 10.0. The highest BCUT2D eigenvalue weighted by Gasteiger charge is 2.23. The molecule has 0 aliphatic rings. The SMILES string of the molecule is CCCCCCCCCOC(=O)c1ccc(CCCCCCC)c(CCCCCCC)c1C(=O)O. The maximum atomic E-state index is 12.9. The van der Waals surface area contributed by atoms with Gasteiger partial charge in [-0.1, -0.05) is 117 Å². The number of aromatic carboxylic acids is 1. The molecule has 0 aliphatic heterocycles. The van der Waals surface area contributed by atoms with E-state index in [4.69, 9.17) is 4.74 Å². The molecule has 4 nitrogen and oxygen atoms in total. The van der Waals surface area contributed by atoms with E-state index in [1.807, 2.05) is 6.07 Å². The van der Waals surface area contributed by atoms with Gasteiger partial charge in [-0.3, -0.25) is 0 Å². The first-order chi connectivity index (χ1) is 17.1. The van der Waals surface area contributed by atoms with E-state index in [1.54, 1.807) is 6.07 Å². The van der Waals surface area contributed by atoms with Crippen LogP contribution in [0.4, 0.5) is 0 Å². The fourth-order valence-electron chi connectivity index (χ4n) is 4.75. The lowest BCUT2D eigenvalue weighted by Crippen LogP contribution is -2.16. The van der Waals surface area contributed by atoms with Gasteiger partial charge in [-0.25, -0.2) is 9.59 Å². The number of hydrogen-bond donors (Lipinski definition) is 1. The number of carbonyl (C=O) groups is 2. The van der Waals surface area contributed by atoms with Crippen molar-refractivity contribution < 1.29 is 19.4 Å². The topological polar surface area (TPSA) is 63.6 Å². The van der Waals surface area contributed by atoms with Crippen molar-refractivity contribution in [2.45, 2.75) is 143 Å². The van der Waals surface area contributed by atoms with Crippen molar-refractivity contribution in [3.63, 3.8) is 0 Å². The van der Waals surface area contributed by atoms with E-state index in [0.29, 0.717) is 13.0 Å². The van der Waals surface area contributed by atoms with Crippen LogP contribution in [0.15, 0.2) is 12.1 Å². The largest absolute Gasteiger partial charge is 0.478 e. The maximum absolute atomic E-state index is 12.9. The molecule has 0 radical (unpaired) electrons. The lowest BCUT2D eigenvalue weighted by atomic mass is 9.89. The molecule has 0 heterocycles. The highest BCUT2D eigenvalue weighted by Crippen LogP contribution is 2.25. The Morgan fingerprint density at radius 3 is 1.69 bits per heavy atom. The Labute approximate surface area is 215 Å². The predicted molar refractivity (Wildman–Crippen MR) is 147 cm³/mol. The van der Waals surface area contributed by atoms with Gasteiger partial charge in [-0.2, -0.15) is 0 Å². The van der Waals surface area contributed by atoms with Gasteiger partial charge < -0.3 is 9.84 Å². The molecule has 1 rings (SSSR count). The second-order valence-electron chi connectivity index (χ2n) is 10.0. The van der Waals surface area contributed by atoms with E-state index < -0.39 is 11.9 Å². The molecule has 0 spiro atoms. The van der Waals surface area contributed by atoms with Gasteiger partial charge in [0.1, 0.15) is 0 Å². The Bertz CT molecular complexity index is 710. The van der Waals surface area contributed by atoms with Crippen molar-refractivity contribution in [2.75, 3.05) is 6.61 Å². The Balaban J connectivity index is 2.85. The molecule has 1 aromatic rings. The van der Waals surface area contributed by atoms with Crippen LogP contribution >= 0.6 is 0 Å². The van der Waals surface area contributed by atoms with Crippen LogP contribution in [0.2, 0.25) is 0 Å². The number of carbonyl (C=O) groups excluding carboxylic acids is 1. The van der Waals surface area contributed by atoms with Gasteiger partial charge in [0, 0.05) is 0 Å². The fourth-order valence-corrected chi connectivity index (χ4v) is 4.75. The number of hydrogen-bond acceptors (Lipinski definition) is 3. The molecule has 1 N–H and O–H groups in total. The number of esters is 1. The number of benzene rings is 1. The molecule has 0 aromatic heterocycles. The van der Waals surface area contributed by atoms with Crippen molar-refractivity contribution >= 4 is 11.9 Å². The summed E-state index contributed by atoms with van der Waals surface area (Å²) in [6.45, 7) is 6.97. The first-order valence-corrected chi connectivity index (χ1v) is 14.6. The third-order valence-electron chi connectivity index (χ3n) is 6.90. The van der Waals surface area contributed by atoms with Crippen LogP contribution in [0.3, 0.4) is 0 Å². The normalized spacial score (nSPS) is 11.1. The zero-order chi connectivity index (χ0) is 25.7. The van der Waals surface area contributed by atoms with E-state index in [0.717, 1.165) is 62.5 Å². The van der Waals surface area contributed by atoms with Gasteiger partial charge in [-0.15, -0.1) is 0 Å². The molecular weight excluding hydrogens is 436 g/mol. The molecule has 0 saturated heterocycles. The number of carboxylic acid groups (broad SMARTS) is 1. The van der Waals surface area contributed by atoms with Crippen molar-refractivity contribution in [2.24, 2.45) is 0 Å². The Hall–Kier alpha value is -1.84. The molecule has 0 saturated carbocycles. The monoisotopic (exact) mass is 488 g/mol. The van der Waals surface area contributed by atoms with Gasteiger partial charge in [0.25, 0.3) is 0 Å². The minimum absolute atomic E-state index is 0.177. The molecule has 0 bridgehead atoms. The lowest BCUT2D eigenvalue weighted by molar-refractivity contribution is 0.0487. The van der Waals surface area contributed by atoms with Crippen LogP contribution in [-0.2, 0) is 17.6 Å². The van der Waals surface area contributed by atoms with E-state index >= 15 is 0 Å². The van der Waals surface area contributed by atoms with Gasteiger partial charge in [-0.05, 0) is 49.3 Å². The van der Waals surface area contributed by atoms with Crippen LogP contribution in [0.25, 0.3) is 0 Å². The zero-order valence-corrected chi connectivity index (χ0v) is 23.0. The summed E-state index contributed by atoms with van der Waals surface area (Å²) >= 11 is 0. The summed E-state index contributed by atoms with van der Waals surface area (Å²) in [7, 11) is 0. The Kier molecular flexibility index (Phi) is 18.1. The Morgan fingerprint density at radius 1 is 0.657 bits per heavy atom. The van der Waals surface area contributed by atoms with E-state index in [9.17, 15) is 14.7 Å². The standard InChI is InChI=1S/C31H52O4/c1-4-7-10-13-14-17-20-25-35-31(34)28-24-23-26(21-18-15-11-8-5-2)27(29(28)30(32)33)22-19-16-12-9-6-3/h23-24H,4-22,25H2,1-3H3,(H,32,33). The van der Waals surface area contributed by atoms with Crippen LogP contribution < -0.4 is 0 Å². The van der Waals surface area contributed by atoms with E-state index in [1.165, 1.54) is 64.2 Å². The number of aryl methyl sites for hydroxylation is 1. The number of ether oxygens (including phenoxy) is 1. The molecule has 0 amide bonds. The van der Waals surface area contributed by atoms with E-state index in [2.05, 4.69) is 20.8 Å². The van der Waals surface area contributed by atoms with Crippen LogP contribution in [-0.4, -0.2) is 23.7 Å². The Morgan fingerprint density at radius 2 is 1.14 bits per heavy atom. The number of unbranched alkanes of at least 4 members (excludes halogenated alkanes) is 14. The van der Waals surface area contributed by atoms with Crippen LogP contribution in [0, 0.1) is 0 Å². The third kappa shape index (κ3) is 13.2. The summed E-state index contributed by atoms with van der Waals surface area (Å²) < 4.78 is 5.52. The second kappa shape index (κ2) is 20.4. The summed E-state index contributed by atoms with van der Waals surface area (Å²) in [6, 6.07) is 3.68.